The van der Waals surface area contributed by atoms with Crippen molar-refractivity contribution < 1.29 is 19.2 Å². The van der Waals surface area contributed by atoms with Gasteiger partial charge in [-0.1, -0.05) is 0 Å². The van der Waals surface area contributed by atoms with E-state index in [1.807, 2.05) is 4.90 Å². The number of hydrogen-bond acceptors (Lipinski definition) is 5. The highest BCUT2D eigenvalue weighted by atomic mass is 16.2. The van der Waals surface area contributed by atoms with Crippen LogP contribution in [0.4, 0.5) is 0 Å². The van der Waals surface area contributed by atoms with Gasteiger partial charge in [0.15, 0.2) is 0 Å². The van der Waals surface area contributed by atoms with Crippen molar-refractivity contribution in [1.82, 2.24) is 20.1 Å². The van der Waals surface area contributed by atoms with E-state index >= 15 is 0 Å². The van der Waals surface area contributed by atoms with Gasteiger partial charge in [-0.2, -0.15) is 5.10 Å². The highest BCUT2D eigenvalue weighted by molar-refractivity contribution is 6.39. The number of carbonyl (C=O) groups is 4. The molecule has 9 nitrogen and oxygen atoms in total. The number of hydrogen-bond donors (Lipinski definition) is 1. The highest BCUT2D eigenvalue weighted by Gasteiger charge is 2.33. The Labute approximate surface area is 152 Å². The van der Waals surface area contributed by atoms with E-state index in [-0.39, 0.29) is 36.0 Å². The molecule has 0 spiro atoms. The summed E-state index contributed by atoms with van der Waals surface area (Å²) in [5.41, 5.74) is 2.72. The first-order chi connectivity index (χ1) is 12.5. The van der Waals surface area contributed by atoms with Crippen molar-refractivity contribution in [2.24, 2.45) is 11.0 Å². The van der Waals surface area contributed by atoms with Crippen molar-refractivity contribution in [1.29, 1.82) is 0 Å². The fraction of sp³-hybridized carbons (Fsp3) is 0.706. The molecule has 0 aliphatic carbocycles. The van der Waals surface area contributed by atoms with Crippen LogP contribution in [0.1, 0.15) is 32.6 Å². The van der Waals surface area contributed by atoms with E-state index in [9.17, 15) is 19.2 Å². The number of hydrazone groups is 1. The molecular weight excluding hydrogens is 338 g/mol. The van der Waals surface area contributed by atoms with E-state index in [4.69, 9.17) is 0 Å². The van der Waals surface area contributed by atoms with Gasteiger partial charge < -0.3 is 14.7 Å². The second-order valence-electron chi connectivity index (χ2n) is 6.99. The topological polar surface area (TPSA) is 102 Å². The van der Waals surface area contributed by atoms with Crippen molar-refractivity contribution in [3.63, 3.8) is 0 Å². The smallest absolute Gasteiger partial charge is 0.270 e. The van der Waals surface area contributed by atoms with Crippen LogP contribution in [0.25, 0.3) is 0 Å². The van der Waals surface area contributed by atoms with Gasteiger partial charge in [0.1, 0.15) is 5.71 Å². The zero-order chi connectivity index (χ0) is 18.7. The first-order valence-electron chi connectivity index (χ1n) is 9.14. The standard InChI is InChI=1S/C17H25N5O4/c1-12(23)20-6-4-13(5-7-20)16(25)21-8-10-22(11-9-21)17(26)14-2-3-15(24)19-18-14/h13H,2-11H2,1H3,(H,19,24). The predicted octanol–water partition coefficient (Wildman–Crippen LogP) is -0.818. The normalized spacial score (nSPS) is 22.0. The van der Waals surface area contributed by atoms with E-state index in [1.165, 1.54) is 0 Å². The molecule has 1 N–H and O–H groups in total. The van der Waals surface area contributed by atoms with Crippen LogP contribution in [0.15, 0.2) is 5.10 Å². The fourth-order valence-electron chi connectivity index (χ4n) is 3.64. The van der Waals surface area contributed by atoms with Crippen LogP contribution in [0.5, 0.6) is 0 Å². The Balaban J connectivity index is 1.48. The average Bonchev–Trinajstić information content (AvgIpc) is 2.67. The minimum atomic E-state index is -0.173. The molecule has 3 aliphatic heterocycles. The fourth-order valence-corrected chi connectivity index (χ4v) is 3.64. The molecule has 0 aromatic rings. The van der Waals surface area contributed by atoms with Crippen LogP contribution < -0.4 is 5.43 Å². The molecule has 2 saturated heterocycles. The molecular formula is C17H25N5O4. The summed E-state index contributed by atoms with van der Waals surface area (Å²) >= 11 is 0. The van der Waals surface area contributed by atoms with Crippen LogP contribution in [0, 0.1) is 5.92 Å². The molecule has 0 radical (unpaired) electrons. The monoisotopic (exact) mass is 363 g/mol. The van der Waals surface area contributed by atoms with Gasteiger partial charge in [-0.05, 0) is 12.8 Å². The van der Waals surface area contributed by atoms with E-state index in [0.29, 0.717) is 64.2 Å². The molecule has 0 atom stereocenters. The molecule has 3 aliphatic rings. The molecule has 0 saturated carbocycles. The van der Waals surface area contributed by atoms with Crippen molar-refractivity contribution in [3.8, 4) is 0 Å². The summed E-state index contributed by atoms with van der Waals surface area (Å²) < 4.78 is 0. The van der Waals surface area contributed by atoms with Gasteiger partial charge in [0, 0.05) is 65.0 Å². The zero-order valence-corrected chi connectivity index (χ0v) is 15.1. The summed E-state index contributed by atoms with van der Waals surface area (Å²) in [6.07, 6.45) is 2.04. The maximum absolute atomic E-state index is 12.7. The minimum absolute atomic E-state index is 0.0363. The Hall–Kier alpha value is -2.45. The van der Waals surface area contributed by atoms with E-state index < -0.39 is 0 Å². The third kappa shape index (κ3) is 4.03. The Bertz CT molecular complexity index is 631. The van der Waals surface area contributed by atoms with Gasteiger partial charge in [0.05, 0.1) is 0 Å². The van der Waals surface area contributed by atoms with Gasteiger partial charge >= 0.3 is 0 Å². The van der Waals surface area contributed by atoms with Gasteiger partial charge in [0.2, 0.25) is 17.7 Å². The number of piperidine rings is 1. The van der Waals surface area contributed by atoms with Crippen LogP contribution in [-0.2, 0) is 19.2 Å². The number of amides is 4. The second kappa shape index (κ2) is 7.84. The third-order valence-corrected chi connectivity index (χ3v) is 5.32. The van der Waals surface area contributed by atoms with E-state index in [0.717, 1.165) is 0 Å². The summed E-state index contributed by atoms with van der Waals surface area (Å²) in [5.74, 6) is -0.183. The van der Waals surface area contributed by atoms with Gasteiger partial charge in [-0.3, -0.25) is 19.2 Å². The first-order valence-corrected chi connectivity index (χ1v) is 9.14. The lowest BCUT2D eigenvalue weighted by atomic mass is 9.95. The number of carbonyl (C=O) groups excluding carboxylic acids is 4. The zero-order valence-electron chi connectivity index (χ0n) is 15.1. The molecule has 142 valence electrons. The third-order valence-electron chi connectivity index (χ3n) is 5.32. The second-order valence-corrected chi connectivity index (χ2v) is 6.99. The van der Waals surface area contributed by atoms with Crippen molar-refractivity contribution in [2.45, 2.75) is 32.6 Å². The largest absolute Gasteiger partial charge is 0.343 e. The summed E-state index contributed by atoms with van der Waals surface area (Å²) in [6, 6.07) is 0. The SMILES string of the molecule is CC(=O)N1CCC(C(=O)N2CCN(C(=O)C3=NNC(=O)CC3)CC2)CC1. The molecule has 26 heavy (non-hydrogen) atoms. The van der Waals surface area contributed by atoms with Crippen molar-refractivity contribution in [2.75, 3.05) is 39.3 Å². The van der Waals surface area contributed by atoms with Gasteiger partial charge in [0.25, 0.3) is 5.91 Å². The lowest BCUT2D eigenvalue weighted by Gasteiger charge is -2.38. The van der Waals surface area contributed by atoms with E-state index in [2.05, 4.69) is 10.5 Å². The maximum Gasteiger partial charge on any atom is 0.270 e. The van der Waals surface area contributed by atoms with Gasteiger partial charge in [-0.15, -0.1) is 0 Å². The number of nitrogens with zero attached hydrogens (tertiary/aromatic N) is 4. The van der Waals surface area contributed by atoms with Gasteiger partial charge in [-0.25, -0.2) is 5.43 Å². The molecule has 9 heteroatoms. The molecule has 0 bridgehead atoms. The molecule has 4 amide bonds. The molecule has 3 rings (SSSR count). The molecule has 2 fully saturated rings. The number of likely N-dealkylation sites (tertiary alicyclic amines) is 1. The Kier molecular flexibility index (Phi) is 5.53. The minimum Gasteiger partial charge on any atom is -0.343 e. The lowest BCUT2D eigenvalue weighted by Crippen LogP contribution is -2.54. The van der Waals surface area contributed by atoms with Crippen molar-refractivity contribution >= 4 is 29.3 Å². The number of rotatable bonds is 2. The van der Waals surface area contributed by atoms with Crippen molar-refractivity contribution in [3.05, 3.63) is 0 Å². The van der Waals surface area contributed by atoms with Crippen LogP contribution in [-0.4, -0.2) is 83.3 Å². The first kappa shape index (κ1) is 18.3. The summed E-state index contributed by atoms with van der Waals surface area (Å²) in [7, 11) is 0. The Morgan fingerprint density at radius 3 is 2.08 bits per heavy atom. The summed E-state index contributed by atoms with van der Waals surface area (Å²) in [4.78, 5) is 52.9. The summed E-state index contributed by atoms with van der Waals surface area (Å²) in [5, 5.41) is 3.85. The predicted molar refractivity (Wildman–Crippen MR) is 92.9 cm³/mol. The molecule has 0 aromatic heterocycles. The average molecular weight is 363 g/mol. The number of nitrogens with one attached hydrogen (secondary N) is 1. The van der Waals surface area contributed by atoms with Crippen LogP contribution in [0.2, 0.25) is 0 Å². The van der Waals surface area contributed by atoms with E-state index in [1.54, 1.807) is 16.7 Å². The number of piperazine rings is 1. The Morgan fingerprint density at radius 1 is 0.923 bits per heavy atom. The Morgan fingerprint density at radius 2 is 1.54 bits per heavy atom. The highest BCUT2D eigenvalue weighted by Crippen LogP contribution is 2.21. The van der Waals surface area contributed by atoms with Crippen LogP contribution in [0.3, 0.4) is 0 Å². The maximum atomic E-state index is 12.7. The lowest BCUT2D eigenvalue weighted by molar-refractivity contribution is -0.143. The summed E-state index contributed by atoms with van der Waals surface area (Å²) in [6.45, 7) is 4.80. The van der Waals surface area contributed by atoms with Crippen LogP contribution >= 0.6 is 0 Å². The molecule has 0 aromatic carbocycles. The molecule has 3 heterocycles. The molecule has 0 unspecified atom stereocenters. The quantitative estimate of drug-likeness (QED) is 0.692.